The summed E-state index contributed by atoms with van der Waals surface area (Å²) in [5, 5.41) is 8.27. The van der Waals surface area contributed by atoms with Gasteiger partial charge in [-0.1, -0.05) is 48.5 Å². The van der Waals surface area contributed by atoms with Crippen molar-refractivity contribution in [3.63, 3.8) is 0 Å². The molecule has 1 aliphatic rings. The van der Waals surface area contributed by atoms with E-state index >= 15 is 0 Å². The lowest BCUT2D eigenvalue weighted by atomic mass is 10.2. The Hall–Kier alpha value is -2.33. The van der Waals surface area contributed by atoms with Crippen molar-refractivity contribution in [3.8, 4) is 0 Å². The van der Waals surface area contributed by atoms with Crippen LogP contribution in [0.5, 0.6) is 0 Å². The molecule has 0 saturated carbocycles. The molecule has 0 unspecified atom stereocenters. The Kier molecular flexibility index (Phi) is 2.70. The molecule has 0 saturated heterocycles. The van der Waals surface area contributed by atoms with Gasteiger partial charge in [0.15, 0.2) is 5.84 Å². The number of hydrogen-bond donors (Lipinski definition) is 1. The number of amidine groups is 1. The van der Waals surface area contributed by atoms with Crippen molar-refractivity contribution in [2.75, 3.05) is 12.2 Å². The van der Waals surface area contributed by atoms with Crippen LogP contribution in [0.4, 0.5) is 5.69 Å². The zero-order valence-corrected chi connectivity index (χ0v) is 10.1. The van der Waals surface area contributed by atoms with Crippen molar-refractivity contribution in [1.82, 2.24) is 10.5 Å². The lowest BCUT2D eigenvalue weighted by Gasteiger charge is -2.21. The quantitative estimate of drug-likeness (QED) is 0.870. The number of rotatable bonds is 2. The third-order valence-electron chi connectivity index (χ3n) is 2.78. The second-order valence-corrected chi connectivity index (χ2v) is 4.08. The van der Waals surface area contributed by atoms with Gasteiger partial charge in [0.25, 0.3) is 0 Å². The summed E-state index contributed by atoms with van der Waals surface area (Å²) in [6, 6.07) is 20.1. The van der Waals surface area contributed by atoms with Crippen LogP contribution < -0.4 is 10.5 Å². The molecule has 1 aliphatic heterocycles. The third-order valence-corrected chi connectivity index (χ3v) is 2.78. The summed E-state index contributed by atoms with van der Waals surface area (Å²) in [6.07, 6.45) is 0. The smallest absolute Gasteiger partial charge is 0.171 e. The van der Waals surface area contributed by atoms with E-state index in [1.165, 1.54) is 0 Å². The molecule has 0 radical (unpaired) electrons. The fraction of sp³-hybridized carbons (Fsp3) is 0.0714. The minimum absolute atomic E-state index is 0.849. The molecule has 1 heterocycles. The topological polar surface area (TPSA) is 30.9 Å². The van der Waals surface area contributed by atoms with Crippen LogP contribution in [0.2, 0.25) is 0 Å². The van der Waals surface area contributed by atoms with Crippen LogP contribution >= 0.6 is 0 Å². The van der Waals surface area contributed by atoms with Crippen molar-refractivity contribution >= 4 is 11.5 Å². The van der Waals surface area contributed by atoms with E-state index in [9.17, 15) is 0 Å². The molecule has 90 valence electrons. The zero-order valence-electron chi connectivity index (χ0n) is 10.1. The van der Waals surface area contributed by atoms with Gasteiger partial charge in [0.05, 0.1) is 5.69 Å². The maximum atomic E-state index is 4.57. The van der Waals surface area contributed by atoms with Gasteiger partial charge in [-0.3, -0.25) is 5.43 Å². The van der Waals surface area contributed by atoms with E-state index in [2.05, 4.69) is 10.5 Å². The minimum Gasteiger partial charge on any atom is -0.282 e. The van der Waals surface area contributed by atoms with Crippen molar-refractivity contribution in [3.05, 3.63) is 66.2 Å². The van der Waals surface area contributed by atoms with E-state index in [4.69, 9.17) is 0 Å². The third kappa shape index (κ3) is 1.94. The van der Waals surface area contributed by atoms with Gasteiger partial charge in [-0.25, -0.2) is 0 Å². The van der Waals surface area contributed by atoms with E-state index in [1.807, 2.05) is 77.9 Å². The zero-order chi connectivity index (χ0) is 12.4. The minimum atomic E-state index is 0.849. The highest BCUT2D eigenvalue weighted by Gasteiger charge is 2.21. The lowest BCUT2D eigenvalue weighted by Crippen LogP contribution is -2.40. The fourth-order valence-corrected chi connectivity index (χ4v) is 1.90. The number of para-hydroxylation sites is 1. The predicted molar refractivity (Wildman–Crippen MR) is 72.8 cm³/mol. The van der Waals surface area contributed by atoms with Crippen LogP contribution in [0, 0.1) is 0 Å². The number of anilines is 1. The lowest BCUT2D eigenvalue weighted by molar-refractivity contribution is 0.296. The first-order valence-corrected chi connectivity index (χ1v) is 5.84. The van der Waals surface area contributed by atoms with Crippen LogP contribution in [-0.4, -0.2) is 18.0 Å². The van der Waals surface area contributed by atoms with E-state index in [0.717, 1.165) is 17.1 Å². The summed E-state index contributed by atoms with van der Waals surface area (Å²) in [5.41, 5.74) is 5.33. The van der Waals surface area contributed by atoms with Gasteiger partial charge in [-0.2, -0.15) is 5.12 Å². The summed E-state index contributed by atoms with van der Waals surface area (Å²) in [5.74, 6) is 0.849. The first kappa shape index (κ1) is 10.8. The van der Waals surface area contributed by atoms with Crippen LogP contribution in [0.3, 0.4) is 0 Å². The predicted octanol–water partition coefficient (Wildman–Crippen LogP) is 2.22. The first-order chi connectivity index (χ1) is 8.84. The number of hydrogen-bond acceptors (Lipinski definition) is 4. The normalized spacial score (nSPS) is 15.4. The molecule has 0 aliphatic carbocycles. The van der Waals surface area contributed by atoms with Crippen molar-refractivity contribution in [1.29, 1.82) is 0 Å². The molecular formula is C14H14N4. The maximum Gasteiger partial charge on any atom is 0.171 e. The highest BCUT2D eigenvalue weighted by Crippen LogP contribution is 2.18. The van der Waals surface area contributed by atoms with E-state index < -0.39 is 0 Å². The molecule has 0 amide bonds. The first-order valence-electron chi connectivity index (χ1n) is 5.84. The fourth-order valence-electron chi connectivity index (χ4n) is 1.90. The number of nitrogens with one attached hydrogen (secondary N) is 1. The molecule has 18 heavy (non-hydrogen) atoms. The van der Waals surface area contributed by atoms with Gasteiger partial charge in [0.1, 0.15) is 0 Å². The highest BCUT2D eigenvalue weighted by molar-refractivity contribution is 5.99. The number of benzene rings is 2. The van der Waals surface area contributed by atoms with Gasteiger partial charge in [-0.05, 0) is 12.1 Å². The molecule has 4 nitrogen and oxygen atoms in total. The summed E-state index contributed by atoms with van der Waals surface area (Å²) in [4.78, 5) is 0. The number of hydrazine groups is 2. The molecule has 0 aromatic heterocycles. The Labute approximate surface area is 106 Å². The van der Waals surface area contributed by atoms with Gasteiger partial charge in [0, 0.05) is 12.6 Å². The molecule has 3 rings (SSSR count). The van der Waals surface area contributed by atoms with Crippen LogP contribution in [-0.2, 0) is 0 Å². The average molecular weight is 238 g/mol. The molecule has 2 aromatic carbocycles. The monoisotopic (exact) mass is 238 g/mol. The molecular weight excluding hydrogens is 224 g/mol. The van der Waals surface area contributed by atoms with Crippen molar-refractivity contribution < 1.29 is 0 Å². The SMILES string of the molecule is CN1NC(c2ccccc2)=NN1c1ccccc1. The number of hydrazone groups is 1. The average Bonchev–Trinajstić information content (AvgIpc) is 2.83. The van der Waals surface area contributed by atoms with Crippen LogP contribution in [0.1, 0.15) is 5.56 Å². The van der Waals surface area contributed by atoms with Crippen LogP contribution in [0.15, 0.2) is 65.8 Å². The molecule has 0 bridgehead atoms. The standard InChI is InChI=1S/C14H14N4/c1-17-15-14(12-8-4-2-5-9-12)16-18(17)13-10-6-3-7-11-13/h2-11H,1H3,(H,15,16). The van der Waals surface area contributed by atoms with Crippen molar-refractivity contribution in [2.24, 2.45) is 5.10 Å². The molecule has 0 spiro atoms. The van der Waals surface area contributed by atoms with Gasteiger partial charge >= 0.3 is 0 Å². The summed E-state index contributed by atoms with van der Waals surface area (Å²) < 4.78 is 0. The van der Waals surface area contributed by atoms with E-state index in [1.54, 1.807) is 0 Å². The Morgan fingerprint density at radius 3 is 2.17 bits per heavy atom. The maximum absolute atomic E-state index is 4.57. The molecule has 0 fully saturated rings. The van der Waals surface area contributed by atoms with Gasteiger partial charge < -0.3 is 0 Å². The molecule has 4 heteroatoms. The Bertz CT molecular complexity index is 551. The van der Waals surface area contributed by atoms with E-state index in [0.29, 0.717) is 0 Å². The molecule has 0 atom stereocenters. The summed E-state index contributed by atoms with van der Waals surface area (Å²) >= 11 is 0. The Morgan fingerprint density at radius 1 is 0.889 bits per heavy atom. The Morgan fingerprint density at radius 2 is 1.50 bits per heavy atom. The second-order valence-electron chi connectivity index (χ2n) is 4.08. The molecule has 2 aromatic rings. The number of nitrogens with zero attached hydrogens (tertiary/aromatic N) is 3. The van der Waals surface area contributed by atoms with Gasteiger partial charge in [-0.15, -0.1) is 10.2 Å². The van der Waals surface area contributed by atoms with Gasteiger partial charge in [0.2, 0.25) is 0 Å². The Balaban J connectivity index is 1.92. The summed E-state index contributed by atoms with van der Waals surface area (Å²) in [6.45, 7) is 0. The highest BCUT2D eigenvalue weighted by atomic mass is 15.9. The van der Waals surface area contributed by atoms with Crippen molar-refractivity contribution in [2.45, 2.75) is 0 Å². The largest absolute Gasteiger partial charge is 0.282 e. The van der Waals surface area contributed by atoms with E-state index in [-0.39, 0.29) is 0 Å². The molecule has 1 N–H and O–H groups in total. The van der Waals surface area contributed by atoms with Crippen LogP contribution in [0.25, 0.3) is 0 Å². The summed E-state index contributed by atoms with van der Waals surface area (Å²) in [7, 11) is 1.94. The second kappa shape index (κ2) is 4.50.